The first-order valence-electron chi connectivity index (χ1n) is 7.28. The average molecular weight is 277 g/mol. The summed E-state index contributed by atoms with van der Waals surface area (Å²) in [7, 11) is 0. The molecule has 110 valence electrons. The second kappa shape index (κ2) is 6.75. The zero-order chi connectivity index (χ0) is 14.5. The number of carbonyl (C=O) groups excluding carboxylic acids is 1. The predicted octanol–water partition coefficient (Wildman–Crippen LogP) is 2.18. The minimum atomic E-state index is -0.563. The lowest BCUT2D eigenvalue weighted by atomic mass is 9.92. The summed E-state index contributed by atoms with van der Waals surface area (Å²) in [6.07, 6.45) is 2.69. The van der Waals surface area contributed by atoms with E-state index >= 15 is 0 Å². The second-order valence-corrected chi connectivity index (χ2v) is 5.54. The third-order valence-corrected chi connectivity index (χ3v) is 3.76. The van der Waals surface area contributed by atoms with E-state index in [1.807, 2.05) is 31.2 Å². The number of amides is 1. The summed E-state index contributed by atoms with van der Waals surface area (Å²) in [4.78, 5) is 12.1. The predicted molar refractivity (Wildman–Crippen MR) is 77.7 cm³/mol. The summed E-state index contributed by atoms with van der Waals surface area (Å²) in [5.41, 5.74) is 1.15. The summed E-state index contributed by atoms with van der Waals surface area (Å²) in [5.74, 6) is 0.513. The number of aryl methyl sites for hydroxylation is 1. The van der Waals surface area contributed by atoms with Gasteiger partial charge in [0.2, 0.25) is 0 Å². The molecule has 2 rings (SSSR count). The van der Waals surface area contributed by atoms with E-state index in [4.69, 9.17) is 4.74 Å². The number of aliphatic hydroxyl groups is 1. The van der Waals surface area contributed by atoms with Gasteiger partial charge in [-0.2, -0.15) is 0 Å². The van der Waals surface area contributed by atoms with Gasteiger partial charge in [0.15, 0.2) is 6.10 Å². The zero-order valence-electron chi connectivity index (χ0n) is 12.1. The first-order valence-corrected chi connectivity index (χ1v) is 7.28. The molecule has 1 amide bonds. The Morgan fingerprint density at radius 1 is 1.30 bits per heavy atom. The van der Waals surface area contributed by atoms with Gasteiger partial charge < -0.3 is 15.2 Å². The largest absolute Gasteiger partial charge is 0.481 e. The van der Waals surface area contributed by atoms with Crippen LogP contribution in [0.15, 0.2) is 24.3 Å². The molecule has 0 aliphatic heterocycles. The number of nitrogens with one attached hydrogen (secondary N) is 1. The van der Waals surface area contributed by atoms with E-state index < -0.39 is 12.2 Å². The SMILES string of the molecule is Cc1ccc(OC(C)C(=O)N[C@H]2CCCC[C@@H]2O)cc1. The number of hydrogen-bond acceptors (Lipinski definition) is 3. The van der Waals surface area contributed by atoms with E-state index in [0.29, 0.717) is 5.75 Å². The summed E-state index contributed by atoms with van der Waals surface area (Å²) in [5, 5.41) is 12.8. The molecule has 1 saturated carbocycles. The van der Waals surface area contributed by atoms with E-state index in [1.54, 1.807) is 6.92 Å². The van der Waals surface area contributed by atoms with E-state index in [1.165, 1.54) is 0 Å². The van der Waals surface area contributed by atoms with E-state index in [0.717, 1.165) is 31.2 Å². The van der Waals surface area contributed by atoms with Crippen molar-refractivity contribution in [3.63, 3.8) is 0 Å². The Balaban J connectivity index is 1.86. The second-order valence-electron chi connectivity index (χ2n) is 5.54. The number of benzene rings is 1. The van der Waals surface area contributed by atoms with Crippen molar-refractivity contribution in [2.75, 3.05) is 0 Å². The maximum atomic E-state index is 12.1. The molecule has 1 aromatic carbocycles. The van der Waals surface area contributed by atoms with Crippen LogP contribution in [0.5, 0.6) is 5.75 Å². The molecule has 3 atom stereocenters. The summed E-state index contributed by atoms with van der Waals surface area (Å²) >= 11 is 0. The Bertz CT molecular complexity index is 444. The van der Waals surface area contributed by atoms with Gasteiger partial charge in [0, 0.05) is 0 Å². The molecule has 4 nitrogen and oxygen atoms in total. The summed E-state index contributed by atoms with van der Waals surface area (Å²) in [6.45, 7) is 3.73. The van der Waals surface area contributed by atoms with Crippen LogP contribution in [0.3, 0.4) is 0 Å². The van der Waals surface area contributed by atoms with Crippen molar-refractivity contribution in [2.24, 2.45) is 0 Å². The molecule has 1 aliphatic rings. The van der Waals surface area contributed by atoms with Gasteiger partial charge in [-0.3, -0.25) is 4.79 Å². The van der Waals surface area contributed by atoms with Crippen molar-refractivity contribution < 1.29 is 14.6 Å². The third kappa shape index (κ3) is 3.97. The summed E-state index contributed by atoms with van der Waals surface area (Å²) in [6, 6.07) is 7.47. The minimum Gasteiger partial charge on any atom is -0.481 e. The van der Waals surface area contributed by atoms with E-state index in [9.17, 15) is 9.90 Å². The lowest BCUT2D eigenvalue weighted by Crippen LogP contribution is -2.49. The molecular formula is C16H23NO3. The van der Waals surface area contributed by atoms with Gasteiger partial charge >= 0.3 is 0 Å². The van der Waals surface area contributed by atoms with Crippen LogP contribution in [0.1, 0.15) is 38.2 Å². The van der Waals surface area contributed by atoms with Crippen LogP contribution in [0.2, 0.25) is 0 Å². The molecule has 1 unspecified atom stereocenters. The van der Waals surface area contributed by atoms with Crippen LogP contribution in [-0.2, 0) is 4.79 Å². The van der Waals surface area contributed by atoms with Gasteiger partial charge in [0.05, 0.1) is 12.1 Å². The van der Waals surface area contributed by atoms with Crippen molar-refractivity contribution in [2.45, 2.75) is 57.8 Å². The van der Waals surface area contributed by atoms with Gasteiger partial charge in [-0.25, -0.2) is 0 Å². The molecule has 0 radical (unpaired) electrons. The molecule has 0 bridgehead atoms. The van der Waals surface area contributed by atoms with Crippen molar-refractivity contribution >= 4 is 5.91 Å². The highest BCUT2D eigenvalue weighted by Crippen LogP contribution is 2.19. The van der Waals surface area contributed by atoms with Gasteiger partial charge in [0.25, 0.3) is 5.91 Å². The number of ether oxygens (including phenoxy) is 1. The van der Waals surface area contributed by atoms with E-state index in [2.05, 4.69) is 5.32 Å². The fourth-order valence-corrected chi connectivity index (χ4v) is 2.45. The van der Waals surface area contributed by atoms with Gasteiger partial charge in [0.1, 0.15) is 5.75 Å². The highest BCUT2D eigenvalue weighted by atomic mass is 16.5. The molecule has 2 N–H and O–H groups in total. The molecule has 1 aromatic rings. The lowest BCUT2D eigenvalue weighted by molar-refractivity contribution is -0.129. The van der Waals surface area contributed by atoms with Gasteiger partial charge in [-0.05, 0) is 38.8 Å². The van der Waals surface area contributed by atoms with Crippen molar-refractivity contribution in [1.29, 1.82) is 0 Å². The maximum Gasteiger partial charge on any atom is 0.261 e. The van der Waals surface area contributed by atoms with Crippen LogP contribution in [-0.4, -0.2) is 29.3 Å². The van der Waals surface area contributed by atoms with Gasteiger partial charge in [-0.15, -0.1) is 0 Å². The van der Waals surface area contributed by atoms with Crippen molar-refractivity contribution in [3.05, 3.63) is 29.8 Å². The Kier molecular flexibility index (Phi) is 5.01. The van der Waals surface area contributed by atoms with Gasteiger partial charge in [-0.1, -0.05) is 30.5 Å². The highest BCUT2D eigenvalue weighted by Gasteiger charge is 2.26. The zero-order valence-corrected chi connectivity index (χ0v) is 12.1. The Morgan fingerprint density at radius 2 is 1.95 bits per heavy atom. The van der Waals surface area contributed by atoms with Crippen LogP contribution in [0.4, 0.5) is 0 Å². The Hall–Kier alpha value is -1.55. The smallest absolute Gasteiger partial charge is 0.261 e. The lowest BCUT2D eigenvalue weighted by Gasteiger charge is -2.29. The molecule has 20 heavy (non-hydrogen) atoms. The first-order chi connectivity index (χ1) is 9.56. The van der Waals surface area contributed by atoms with Crippen LogP contribution in [0, 0.1) is 6.92 Å². The Morgan fingerprint density at radius 3 is 2.60 bits per heavy atom. The van der Waals surface area contributed by atoms with Crippen LogP contribution >= 0.6 is 0 Å². The molecule has 0 heterocycles. The molecule has 0 spiro atoms. The quantitative estimate of drug-likeness (QED) is 0.887. The maximum absolute atomic E-state index is 12.1. The van der Waals surface area contributed by atoms with Crippen LogP contribution < -0.4 is 10.1 Å². The minimum absolute atomic E-state index is 0.139. The third-order valence-electron chi connectivity index (χ3n) is 3.76. The number of hydrogen-bond donors (Lipinski definition) is 2. The number of rotatable bonds is 4. The first kappa shape index (κ1) is 14.9. The molecular weight excluding hydrogens is 254 g/mol. The average Bonchev–Trinajstić information content (AvgIpc) is 2.44. The molecule has 0 saturated heterocycles. The number of aliphatic hydroxyl groups excluding tert-OH is 1. The standard InChI is InChI=1S/C16H23NO3/c1-11-7-9-13(10-8-11)20-12(2)16(19)17-14-5-3-4-6-15(14)18/h7-10,12,14-15,18H,3-6H2,1-2H3,(H,17,19)/t12?,14-,15-/m0/s1. The fraction of sp³-hybridized carbons (Fsp3) is 0.562. The van der Waals surface area contributed by atoms with Crippen molar-refractivity contribution in [1.82, 2.24) is 5.32 Å². The molecule has 4 heteroatoms. The Labute approximate surface area is 120 Å². The van der Waals surface area contributed by atoms with E-state index in [-0.39, 0.29) is 11.9 Å². The molecule has 0 aromatic heterocycles. The fourth-order valence-electron chi connectivity index (χ4n) is 2.45. The van der Waals surface area contributed by atoms with Crippen molar-refractivity contribution in [3.8, 4) is 5.75 Å². The molecule has 1 aliphatic carbocycles. The number of carbonyl (C=O) groups is 1. The summed E-state index contributed by atoms with van der Waals surface area (Å²) < 4.78 is 5.61. The van der Waals surface area contributed by atoms with Crippen LogP contribution in [0.25, 0.3) is 0 Å². The normalized spacial score (nSPS) is 23.9. The molecule has 1 fully saturated rings. The monoisotopic (exact) mass is 277 g/mol. The topological polar surface area (TPSA) is 58.6 Å². The highest BCUT2D eigenvalue weighted by molar-refractivity contribution is 5.81.